The number of hydrogen-bond acceptors (Lipinski definition) is 3. The standard InChI is InChI=1S/C14H19ClN2O3/c1-4-17(5-2)14(20)11-7-6-10(8-12(11)15)16-13(19)9(3)18/h6-9,18H,4-5H2,1-3H3,(H,16,19). The fourth-order valence-corrected chi connectivity index (χ4v) is 1.96. The molecule has 1 rings (SSSR count). The van der Waals surface area contributed by atoms with Crippen molar-refractivity contribution in [2.75, 3.05) is 18.4 Å². The number of carbonyl (C=O) groups is 2. The molecule has 6 heteroatoms. The van der Waals surface area contributed by atoms with Crippen LogP contribution in [0, 0.1) is 0 Å². The molecule has 5 nitrogen and oxygen atoms in total. The quantitative estimate of drug-likeness (QED) is 0.875. The summed E-state index contributed by atoms with van der Waals surface area (Å²) in [6.45, 7) is 6.37. The van der Waals surface area contributed by atoms with E-state index in [1.165, 1.54) is 13.0 Å². The van der Waals surface area contributed by atoms with Gasteiger partial charge < -0.3 is 15.3 Å². The predicted molar refractivity (Wildman–Crippen MR) is 79.0 cm³/mol. The van der Waals surface area contributed by atoms with Gasteiger partial charge in [-0.2, -0.15) is 0 Å². The lowest BCUT2D eigenvalue weighted by Gasteiger charge is -2.19. The third-order valence-corrected chi connectivity index (χ3v) is 3.21. The summed E-state index contributed by atoms with van der Waals surface area (Å²) in [6, 6.07) is 4.65. The van der Waals surface area contributed by atoms with Crippen molar-refractivity contribution in [2.45, 2.75) is 26.9 Å². The molecule has 0 bridgehead atoms. The molecular formula is C14H19ClN2O3. The third kappa shape index (κ3) is 3.95. The Hall–Kier alpha value is -1.59. The van der Waals surface area contributed by atoms with Crippen molar-refractivity contribution in [2.24, 2.45) is 0 Å². The highest BCUT2D eigenvalue weighted by atomic mass is 35.5. The average molecular weight is 299 g/mol. The van der Waals surface area contributed by atoms with Crippen LogP contribution < -0.4 is 5.32 Å². The van der Waals surface area contributed by atoms with Crippen molar-refractivity contribution in [3.8, 4) is 0 Å². The van der Waals surface area contributed by atoms with Crippen LogP contribution in [0.1, 0.15) is 31.1 Å². The Labute approximate surface area is 123 Å². The fourth-order valence-electron chi connectivity index (χ4n) is 1.69. The molecule has 0 fully saturated rings. The maximum Gasteiger partial charge on any atom is 0.255 e. The molecule has 0 aliphatic carbocycles. The summed E-state index contributed by atoms with van der Waals surface area (Å²) in [7, 11) is 0. The topological polar surface area (TPSA) is 69.6 Å². The van der Waals surface area contributed by atoms with E-state index >= 15 is 0 Å². The first-order valence-corrected chi connectivity index (χ1v) is 6.86. The van der Waals surface area contributed by atoms with Gasteiger partial charge in [0.1, 0.15) is 6.10 Å². The van der Waals surface area contributed by atoms with E-state index in [4.69, 9.17) is 16.7 Å². The van der Waals surface area contributed by atoms with Gasteiger partial charge in [0.15, 0.2) is 0 Å². The van der Waals surface area contributed by atoms with E-state index < -0.39 is 12.0 Å². The molecule has 0 saturated heterocycles. The highest BCUT2D eigenvalue weighted by Gasteiger charge is 2.17. The molecule has 20 heavy (non-hydrogen) atoms. The molecule has 2 N–H and O–H groups in total. The Morgan fingerprint density at radius 1 is 1.35 bits per heavy atom. The number of nitrogens with zero attached hydrogens (tertiary/aromatic N) is 1. The van der Waals surface area contributed by atoms with Gasteiger partial charge in [0.25, 0.3) is 11.8 Å². The second-order valence-corrected chi connectivity index (χ2v) is 4.74. The Kier molecular flexibility index (Phi) is 5.98. The molecule has 110 valence electrons. The van der Waals surface area contributed by atoms with Gasteiger partial charge in [0, 0.05) is 18.8 Å². The number of amides is 2. The Bertz CT molecular complexity index is 499. The van der Waals surface area contributed by atoms with Gasteiger partial charge in [-0.3, -0.25) is 9.59 Å². The predicted octanol–water partition coefficient (Wildman–Crippen LogP) is 2.14. The van der Waals surface area contributed by atoms with Crippen LogP contribution in [0.2, 0.25) is 5.02 Å². The summed E-state index contributed by atoms with van der Waals surface area (Å²) in [5.41, 5.74) is 0.836. The van der Waals surface area contributed by atoms with Crippen LogP contribution in [0.4, 0.5) is 5.69 Å². The number of aliphatic hydroxyl groups is 1. The summed E-state index contributed by atoms with van der Waals surface area (Å²) in [6.07, 6.45) is -1.11. The highest BCUT2D eigenvalue weighted by Crippen LogP contribution is 2.22. The number of benzene rings is 1. The second kappa shape index (κ2) is 7.26. The monoisotopic (exact) mass is 298 g/mol. The number of halogens is 1. The van der Waals surface area contributed by atoms with E-state index in [-0.39, 0.29) is 10.9 Å². The van der Waals surface area contributed by atoms with Crippen molar-refractivity contribution < 1.29 is 14.7 Å². The molecule has 0 aliphatic rings. The number of anilines is 1. The number of rotatable bonds is 5. The third-order valence-electron chi connectivity index (χ3n) is 2.90. The van der Waals surface area contributed by atoms with Gasteiger partial charge >= 0.3 is 0 Å². The zero-order chi connectivity index (χ0) is 15.3. The Morgan fingerprint density at radius 3 is 2.40 bits per heavy atom. The van der Waals surface area contributed by atoms with Gasteiger partial charge in [-0.25, -0.2) is 0 Å². The van der Waals surface area contributed by atoms with E-state index in [1.54, 1.807) is 17.0 Å². The molecule has 0 heterocycles. The minimum Gasteiger partial charge on any atom is -0.384 e. The molecule has 2 amide bonds. The van der Waals surface area contributed by atoms with Gasteiger partial charge in [0.05, 0.1) is 10.6 Å². The summed E-state index contributed by atoms with van der Waals surface area (Å²) < 4.78 is 0. The average Bonchev–Trinajstić information content (AvgIpc) is 2.39. The van der Waals surface area contributed by atoms with Crippen molar-refractivity contribution in [1.82, 2.24) is 4.90 Å². The zero-order valence-corrected chi connectivity index (χ0v) is 12.6. The normalized spacial score (nSPS) is 11.8. The minimum atomic E-state index is -1.11. The van der Waals surface area contributed by atoms with Crippen LogP contribution in [0.15, 0.2) is 18.2 Å². The molecule has 0 aromatic heterocycles. The summed E-state index contributed by atoms with van der Waals surface area (Å²) in [4.78, 5) is 25.2. The highest BCUT2D eigenvalue weighted by molar-refractivity contribution is 6.34. The number of hydrogen-bond donors (Lipinski definition) is 2. The summed E-state index contributed by atoms with van der Waals surface area (Å²) in [5, 5.41) is 11.9. The van der Waals surface area contributed by atoms with Gasteiger partial charge in [-0.05, 0) is 39.0 Å². The van der Waals surface area contributed by atoms with E-state index in [0.29, 0.717) is 24.3 Å². The summed E-state index contributed by atoms with van der Waals surface area (Å²) in [5.74, 6) is -0.669. The second-order valence-electron chi connectivity index (χ2n) is 4.34. The van der Waals surface area contributed by atoms with Crippen molar-refractivity contribution in [3.63, 3.8) is 0 Å². The first kappa shape index (κ1) is 16.5. The van der Waals surface area contributed by atoms with Crippen LogP contribution in [0.3, 0.4) is 0 Å². The largest absolute Gasteiger partial charge is 0.384 e. The van der Waals surface area contributed by atoms with Crippen LogP contribution in [-0.4, -0.2) is 41.0 Å². The number of nitrogens with one attached hydrogen (secondary N) is 1. The SMILES string of the molecule is CCN(CC)C(=O)c1ccc(NC(=O)C(C)O)cc1Cl. The lowest BCUT2D eigenvalue weighted by Crippen LogP contribution is -2.30. The molecule has 0 radical (unpaired) electrons. The maximum atomic E-state index is 12.2. The molecule has 1 aromatic rings. The van der Waals surface area contributed by atoms with Crippen molar-refractivity contribution in [3.05, 3.63) is 28.8 Å². The molecule has 0 spiro atoms. The fraction of sp³-hybridized carbons (Fsp3) is 0.429. The van der Waals surface area contributed by atoms with Crippen LogP contribution in [0.25, 0.3) is 0 Å². The summed E-state index contributed by atoms with van der Waals surface area (Å²) >= 11 is 6.08. The molecule has 1 aromatic carbocycles. The molecular weight excluding hydrogens is 280 g/mol. The van der Waals surface area contributed by atoms with Crippen LogP contribution in [0.5, 0.6) is 0 Å². The van der Waals surface area contributed by atoms with Crippen LogP contribution >= 0.6 is 11.6 Å². The first-order valence-electron chi connectivity index (χ1n) is 6.48. The number of aliphatic hydroxyl groups excluding tert-OH is 1. The maximum absolute atomic E-state index is 12.2. The van der Waals surface area contributed by atoms with Gasteiger partial charge in [-0.15, -0.1) is 0 Å². The van der Waals surface area contributed by atoms with Crippen LogP contribution in [-0.2, 0) is 4.79 Å². The molecule has 1 unspecified atom stereocenters. The zero-order valence-electron chi connectivity index (χ0n) is 11.8. The van der Waals surface area contributed by atoms with Crippen molar-refractivity contribution in [1.29, 1.82) is 0 Å². The minimum absolute atomic E-state index is 0.145. The van der Waals surface area contributed by atoms with E-state index in [0.717, 1.165) is 0 Å². The first-order chi connectivity index (χ1) is 9.40. The molecule has 0 saturated carbocycles. The molecule has 1 atom stereocenters. The smallest absolute Gasteiger partial charge is 0.255 e. The van der Waals surface area contributed by atoms with Gasteiger partial charge in [0.2, 0.25) is 0 Å². The Morgan fingerprint density at radius 2 is 1.95 bits per heavy atom. The van der Waals surface area contributed by atoms with Crippen molar-refractivity contribution >= 4 is 29.1 Å². The van der Waals surface area contributed by atoms with E-state index in [2.05, 4.69) is 5.32 Å². The van der Waals surface area contributed by atoms with Gasteiger partial charge in [-0.1, -0.05) is 11.6 Å². The van der Waals surface area contributed by atoms with E-state index in [1.807, 2.05) is 13.8 Å². The lowest BCUT2D eigenvalue weighted by atomic mass is 10.1. The number of carbonyl (C=O) groups excluding carboxylic acids is 2. The Balaban J connectivity index is 2.93. The molecule has 0 aliphatic heterocycles. The lowest BCUT2D eigenvalue weighted by molar-refractivity contribution is -0.123. The van der Waals surface area contributed by atoms with E-state index in [9.17, 15) is 9.59 Å².